The van der Waals surface area contributed by atoms with Crippen LogP contribution in [0.4, 0.5) is 5.69 Å². The number of carbonyl (C=O) groups excluding carboxylic acids is 1. The van der Waals surface area contributed by atoms with Crippen molar-refractivity contribution in [1.82, 2.24) is 14.7 Å². The smallest absolute Gasteiger partial charge is 0.274 e. The largest absolute Gasteiger partial charge is 0.399 e. The fraction of sp³-hybridized carbons (Fsp3) is 0.286. The second kappa shape index (κ2) is 6.21. The number of aliphatic hydroxyl groups excluding tert-OH is 1. The molecule has 1 aromatic heterocycles. The van der Waals surface area contributed by atoms with Gasteiger partial charge in [0.15, 0.2) is 5.69 Å². The third kappa shape index (κ3) is 2.97. The van der Waals surface area contributed by atoms with Gasteiger partial charge >= 0.3 is 0 Å². The van der Waals surface area contributed by atoms with Crippen molar-refractivity contribution in [2.45, 2.75) is 6.92 Å². The maximum atomic E-state index is 12.2. The third-order valence-corrected chi connectivity index (χ3v) is 2.98. The lowest BCUT2D eigenvalue weighted by Gasteiger charge is -2.18. The molecule has 1 amide bonds. The van der Waals surface area contributed by atoms with Crippen LogP contribution in [0, 0.1) is 0 Å². The van der Waals surface area contributed by atoms with E-state index in [0.717, 1.165) is 5.69 Å². The van der Waals surface area contributed by atoms with Gasteiger partial charge in [0.1, 0.15) is 0 Å². The molecule has 2 rings (SSSR count). The van der Waals surface area contributed by atoms with Crippen LogP contribution < -0.4 is 5.73 Å². The number of aliphatic hydroxyl groups is 1. The second-order valence-corrected chi connectivity index (χ2v) is 4.35. The lowest BCUT2D eigenvalue weighted by molar-refractivity contribution is 0.0725. The number of hydrogen-bond acceptors (Lipinski definition) is 4. The van der Waals surface area contributed by atoms with Crippen molar-refractivity contribution >= 4 is 11.6 Å². The van der Waals surface area contributed by atoms with Crippen LogP contribution in [-0.4, -0.2) is 45.4 Å². The maximum Gasteiger partial charge on any atom is 0.274 e. The summed E-state index contributed by atoms with van der Waals surface area (Å²) in [5, 5.41) is 13.2. The lowest BCUT2D eigenvalue weighted by Crippen LogP contribution is -2.33. The predicted molar refractivity (Wildman–Crippen MR) is 76.6 cm³/mol. The molecular weight excluding hydrogens is 256 g/mol. The zero-order valence-corrected chi connectivity index (χ0v) is 11.4. The fourth-order valence-corrected chi connectivity index (χ4v) is 1.94. The van der Waals surface area contributed by atoms with Crippen LogP contribution in [0.1, 0.15) is 17.4 Å². The minimum Gasteiger partial charge on any atom is -0.399 e. The van der Waals surface area contributed by atoms with Gasteiger partial charge in [0.2, 0.25) is 0 Å². The van der Waals surface area contributed by atoms with E-state index in [1.54, 1.807) is 34.0 Å². The van der Waals surface area contributed by atoms with Crippen LogP contribution in [0.2, 0.25) is 0 Å². The molecule has 6 nitrogen and oxygen atoms in total. The molecule has 0 bridgehead atoms. The van der Waals surface area contributed by atoms with Crippen molar-refractivity contribution in [3.8, 4) is 5.69 Å². The molecule has 2 aromatic rings. The highest BCUT2D eigenvalue weighted by Gasteiger charge is 2.16. The average Bonchev–Trinajstić information content (AvgIpc) is 2.94. The van der Waals surface area contributed by atoms with E-state index in [-0.39, 0.29) is 12.5 Å². The Bertz CT molecular complexity index is 594. The van der Waals surface area contributed by atoms with Gasteiger partial charge in [0.05, 0.1) is 12.3 Å². The van der Waals surface area contributed by atoms with Crippen LogP contribution in [0.3, 0.4) is 0 Å². The highest BCUT2D eigenvalue weighted by Crippen LogP contribution is 2.12. The number of nitrogens with zero attached hydrogens (tertiary/aromatic N) is 3. The molecule has 0 atom stereocenters. The van der Waals surface area contributed by atoms with Crippen molar-refractivity contribution in [2.75, 3.05) is 25.4 Å². The quantitative estimate of drug-likeness (QED) is 0.794. The van der Waals surface area contributed by atoms with Gasteiger partial charge in [0, 0.05) is 25.0 Å². The Hall–Kier alpha value is -2.34. The molecule has 0 aliphatic rings. The summed E-state index contributed by atoms with van der Waals surface area (Å²) in [6, 6.07) is 8.93. The SMILES string of the molecule is CCN(CCO)C(=O)c1ccn(-c2cccc(N)c2)n1. The average molecular weight is 274 g/mol. The van der Waals surface area contributed by atoms with E-state index < -0.39 is 0 Å². The molecule has 1 heterocycles. The first-order valence-corrected chi connectivity index (χ1v) is 6.47. The summed E-state index contributed by atoms with van der Waals surface area (Å²) in [6.07, 6.45) is 1.72. The number of anilines is 1. The maximum absolute atomic E-state index is 12.2. The van der Waals surface area contributed by atoms with Crippen LogP contribution in [0.25, 0.3) is 5.69 Å². The molecule has 0 spiro atoms. The second-order valence-electron chi connectivity index (χ2n) is 4.35. The minimum atomic E-state index is -0.191. The molecule has 0 radical (unpaired) electrons. The number of rotatable bonds is 5. The van der Waals surface area contributed by atoms with Gasteiger partial charge in [-0.2, -0.15) is 5.10 Å². The molecule has 0 saturated heterocycles. The summed E-state index contributed by atoms with van der Waals surface area (Å²) in [6.45, 7) is 2.64. The van der Waals surface area contributed by atoms with Gasteiger partial charge < -0.3 is 15.7 Å². The number of nitrogens with two attached hydrogens (primary N) is 1. The van der Waals surface area contributed by atoms with E-state index in [1.807, 2.05) is 19.1 Å². The number of likely N-dealkylation sites (N-methyl/N-ethyl adjacent to an activating group) is 1. The molecule has 0 aliphatic heterocycles. The molecule has 1 aromatic carbocycles. The molecule has 6 heteroatoms. The zero-order chi connectivity index (χ0) is 14.5. The monoisotopic (exact) mass is 274 g/mol. The minimum absolute atomic E-state index is 0.0600. The number of carbonyl (C=O) groups is 1. The Morgan fingerprint density at radius 3 is 2.90 bits per heavy atom. The van der Waals surface area contributed by atoms with E-state index in [4.69, 9.17) is 10.8 Å². The van der Waals surface area contributed by atoms with Crippen molar-refractivity contribution < 1.29 is 9.90 Å². The molecule has 0 unspecified atom stereocenters. The number of aromatic nitrogens is 2. The summed E-state index contributed by atoms with van der Waals surface area (Å²) in [4.78, 5) is 13.7. The molecule has 0 fully saturated rings. The van der Waals surface area contributed by atoms with Crippen LogP contribution in [0.15, 0.2) is 36.5 Å². The Labute approximate surface area is 117 Å². The van der Waals surface area contributed by atoms with Crippen molar-refractivity contribution in [3.05, 3.63) is 42.2 Å². The fourth-order valence-electron chi connectivity index (χ4n) is 1.94. The molecule has 20 heavy (non-hydrogen) atoms. The van der Waals surface area contributed by atoms with Crippen molar-refractivity contribution in [3.63, 3.8) is 0 Å². The zero-order valence-electron chi connectivity index (χ0n) is 11.4. The lowest BCUT2D eigenvalue weighted by atomic mass is 10.3. The molecule has 3 N–H and O–H groups in total. The Kier molecular flexibility index (Phi) is 4.37. The molecule has 0 aliphatic carbocycles. The molecule has 106 valence electrons. The van der Waals surface area contributed by atoms with Crippen LogP contribution in [0.5, 0.6) is 0 Å². The first kappa shape index (κ1) is 14.1. The number of hydrogen-bond donors (Lipinski definition) is 2. The Morgan fingerprint density at radius 1 is 1.45 bits per heavy atom. The van der Waals surface area contributed by atoms with Crippen molar-refractivity contribution in [1.29, 1.82) is 0 Å². The third-order valence-electron chi connectivity index (χ3n) is 2.98. The number of amides is 1. The van der Waals surface area contributed by atoms with Crippen LogP contribution >= 0.6 is 0 Å². The van der Waals surface area contributed by atoms with E-state index >= 15 is 0 Å². The van der Waals surface area contributed by atoms with E-state index in [2.05, 4.69) is 5.10 Å². The van der Waals surface area contributed by atoms with Crippen molar-refractivity contribution in [2.24, 2.45) is 0 Å². The Morgan fingerprint density at radius 2 is 2.25 bits per heavy atom. The van der Waals surface area contributed by atoms with Gasteiger partial charge in [-0.25, -0.2) is 4.68 Å². The summed E-state index contributed by atoms with van der Waals surface area (Å²) < 4.78 is 1.61. The molecular formula is C14H18N4O2. The standard InChI is InChI=1S/C14H18N4O2/c1-2-17(8-9-19)14(20)13-6-7-18(16-13)12-5-3-4-11(15)10-12/h3-7,10,19H,2,8-9,15H2,1H3. The number of benzene rings is 1. The summed E-state index contributed by atoms with van der Waals surface area (Å²) in [7, 11) is 0. The van der Waals surface area contributed by atoms with E-state index in [1.165, 1.54) is 0 Å². The van der Waals surface area contributed by atoms with Gasteiger partial charge in [-0.1, -0.05) is 6.07 Å². The highest BCUT2D eigenvalue weighted by molar-refractivity contribution is 5.92. The highest BCUT2D eigenvalue weighted by atomic mass is 16.3. The van der Waals surface area contributed by atoms with Gasteiger partial charge in [-0.15, -0.1) is 0 Å². The topological polar surface area (TPSA) is 84.4 Å². The van der Waals surface area contributed by atoms with E-state index in [9.17, 15) is 4.79 Å². The first-order chi connectivity index (χ1) is 9.65. The van der Waals surface area contributed by atoms with E-state index in [0.29, 0.717) is 24.5 Å². The summed E-state index contributed by atoms with van der Waals surface area (Å²) >= 11 is 0. The van der Waals surface area contributed by atoms with Gasteiger partial charge in [-0.3, -0.25) is 4.79 Å². The summed E-state index contributed by atoms with van der Waals surface area (Å²) in [5.41, 5.74) is 7.52. The normalized spacial score (nSPS) is 10.5. The first-order valence-electron chi connectivity index (χ1n) is 6.47. The van der Waals surface area contributed by atoms with Gasteiger partial charge in [0.25, 0.3) is 5.91 Å². The number of nitrogen functional groups attached to an aromatic ring is 1. The van der Waals surface area contributed by atoms with Crippen LogP contribution in [-0.2, 0) is 0 Å². The molecule has 0 saturated carbocycles. The van der Waals surface area contributed by atoms with Gasteiger partial charge in [-0.05, 0) is 31.2 Å². The summed E-state index contributed by atoms with van der Waals surface area (Å²) in [5.74, 6) is -0.191. The predicted octanol–water partition coefficient (Wildman–Crippen LogP) is 0.909. The Balaban J connectivity index is 2.22.